The number of Topliss-reactive ketones (excluding diaryl/α,β-unsaturated/α-hetero) is 1. The largest absolute Gasteiger partial charge is 0.482 e. The summed E-state index contributed by atoms with van der Waals surface area (Å²) < 4.78 is 15.3. The second-order valence-corrected chi connectivity index (χ2v) is 6.22. The van der Waals surface area contributed by atoms with E-state index in [1.165, 1.54) is 5.56 Å². The molecule has 0 fully saturated rings. The van der Waals surface area contributed by atoms with E-state index in [9.17, 15) is 14.4 Å². The van der Waals surface area contributed by atoms with Crippen molar-refractivity contribution in [3.05, 3.63) is 52.3 Å². The number of benzene rings is 1. The van der Waals surface area contributed by atoms with Crippen LogP contribution in [0.25, 0.3) is 0 Å². The van der Waals surface area contributed by atoms with Gasteiger partial charge in [-0.05, 0) is 50.5 Å². The topological polar surface area (TPSA) is 94.7 Å². The van der Waals surface area contributed by atoms with Gasteiger partial charge in [0.15, 0.2) is 13.2 Å². The summed E-state index contributed by atoms with van der Waals surface area (Å²) in [6.45, 7) is 6.58. The summed E-state index contributed by atoms with van der Waals surface area (Å²) in [4.78, 5) is 39.1. The average Bonchev–Trinajstić information content (AvgIpc) is 2.99. The minimum atomic E-state index is -0.649. The number of carbonyl (C=O) groups is 3. The highest BCUT2D eigenvalue weighted by Crippen LogP contribution is 2.19. The average molecular weight is 387 g/mol. The fraction of sp³-hybridized carbons (Fsp3) is 0.381. The first-order chi connectivity index (χ1) is 13.4. The van der Waals surface area contributed by atoms with Crippen molar-refractivity contribution in [2.24, 2.45) is 0 Å². The minimum Gasteiger partial charge on any atom is -0.482 e. The van der Waals surface area contributed by atoms with Crippen LogP contribution in [0.15, 0.2) is 24.3 Å². The number of hydrogen-bond acceptors (Lipinski definition) is 6. The van der Waals surface area contributed by atoms with Crippen LogP contribution in [-0.4, -0.2) is 42.5 Å². The SMILES string of the molecule is CCOC(=O)c1[nH]c(C)c(C(=O)COC(=O)COc2ccc(CC)cc2)c1C. The van der Waals surface area contributed by atoms with E-state index in [0.29, 0.717) is 22.6 Å². The molecule has 0 spiro atoms. The van der Waals surface area contributed by atoms with Gasteiger partial charge in [0.25, 0.3) is 0 Å². The lowest BCUT2D eigenvalue weighted by Crippen LogP contribution is -2.20. The van der Waals surface area contributed by atoms with Crippen LogP contribution in [0.2, 0.25) is 0 Å². The van der Waals surface area contributed by atoms with Crippen LogP contribution >= 0.6 is 0 Å². The van der Waals surface area contributed by atoms with Crippen LogP contribution in [0.5, 0.6) is 5.75 Å². The van der Waals surface area contributed by atoms with Crippen LogP contribution in [-0.2, 0) is 20.7 Å². The monoisotopic (exact) mass is 387 g/mol. The Morgan fingerprint density at radius 2 is 1.64 bits per heavy atom. The van der Waals surface area contributed by atoms with Gasteiger partial charge in [0.2, 0.25) is 5.78 Å². The second kappa shape index (κ2) is 9.73. The Balaban J connectivity index is 1.90. The van der Waals surface area contributed by atoms with E-state index in [4.69, 9.17) is 14.2 Å². The lowest BCUT2D eigenvalue weighted by molar-refractivity contribution is -0.144. The maximum absolute atomic E-state index is 12.4. The van der Waals surface area contributed by atoms with Crippen molar-refractivity contribution < 1.29 is 28.6 Å². The van der Waals surface area contributed by atoms with E-state index in [1.54, 1.807) is 32.9 Å². The van der Waals surface area contributed by atoms with Crippen LogP contribution in [0.4, 0.5) is 0 Å². The van der Waals surface area contributed by atoms with Crippen molar-refractivity contribution in [1.82, 2.24) is 4.98 Å². The third-order valence-corrected chi connectivity index (χ3v) is 4.25. The number of rotatable bonds is 9. The fourth-order valence-electron chi connectivity index (χ4n) is 2.80. The maximum Gasteiger partial charge on any atom is 0.355 e. The van der Waals surface area contributed by atoms with Gasteiger partial charge in [-0.2, -0.15) is 0 Å². The molecule has 7 heteroatoms. The highest BCUT2D eigenvalue weighted by Gasteiger charge is 2.23. The predicted octanol–water partition coefficient (Wildman–Crippen LogP) is 3.18. The van der Waals surface area contributed by atoms with E-state index >= 15 is 0 Å². The van der Waals surface area contributed by atoms with Crippen molar-refractivity contribution in [3.8, 4) is 5.75 Å². The summed E-state index contributed by atoms with van der Waals surface area (Å²) in [6, 6.07) is 7.40. The lowest BCUT2D eigenvalue weighted by atomic mass is 10.1. The number of aromatic amines is 1. The molecular formula is C21H25NO6. The number of nitrogens with one attached hydrogen (secondary N) is 1. The van der Waals surface area contributed by atoms with E-state index in [2.05, 4.69) is 4.98 Å². The zero-order valence-corrected chi connectivity index (χ0v) is 16.6. The van der Waals surface area contributed by atoms with E-state index < -0.39 is 24.3 Å². The molecule has 0 bridgehead atoms. The summed E-state index contributed by atoms with van der Waals surface area (Å²) in [5.74, 6) is -1.02. The van der Waals surface area contributed by atoms with Crippen LogP contribution in [0.3, 0.4) is 0 Å². The number of hydrogen-bond donors (Lipinski definition) is 1. The molecular weight excluding hydrogens is 362 g/mol. The highest BCUT2D eigenvalue weighted by molar-refractivity contribution is 6.03. The molecule has 28 heavy (non-hydrogen) atoms. The summed E-state index contributed by atoms with van der Waals surface area (Å²) >= 11 is 0. The number of aryl methyl sites for hydroxylation is 2. The van der Waals surface area contributed by atoms with Crippen molar-refractivity contribution >= 4 is 17.7 Å². The van der Waals surface area contributed by atoms with Gasteiger partial charge in [-0.3, -0.25) is 4.79 Å². The van der Waals surface area contributed by atoms with Gasteiger partial charge >= 0.3 is 11.9 Å². The van der Waals surface area contributed by atoms with Crippen LogP contribution < -0.4 is 4.74 Å². The van der Waals surface area contributed by atoms with Crippen molar-refractivity contribution in [2.45, 2.75) is 34.1 Å². The molecule has 0 aliphatic heterocycles. The molecule has 150 valence electrons. The van der Waals surface area contributed by atoms with Crippen molar-refractivity contribution in [2.75, 3.05) is 19.8 Å². The number of ketones is 1. The molecule has 0 saturated heterocycles. The standard InChI is InChI=1S/C21H25NO6/c1-5-15-7-9-16(10-8-15)27-12-18(24)28-11-17(23)19-13(3)20(22-14(19)4)21(25)26-6-2/h7-10,22H,5-6,11-12H2,1-4H3. The third-order valence-electron chi connectivity index (χ3n) is 4.25. The first-order valence-corrected chi connectivity index (χ1v) is 9.14. The zero-order valence-electron chi connectivity index (χ0n) is 16.6. The summed E-state index contributed by atoms with van der Waals surface area (Å²) in [5, 5.41) is 0. The molecule has 0 unspecified atom stereocenters. The minimum absolute atomic E-state index is 0.230. The van der Waals surface area contributed by atoms with Crippen LogP contribution in [0, 0.1) is 13.8 Å². The molecule has 2 rings (SSSR count). The Bertz CT molecular complexity index is 851. The zero-order chi connectivity index (χ0) is 20.7. The number of H-pyrrole nitrogens is 1. The molecule has 0 saturated carbocycles. The smallest absolute Gasteiger partial charge is 0.355 e. The van der Waals surface area contributed by atoms with Gasteiger partial charge in [-0.15, -0.1) is 0 Å². The molecule has 0 atom stereocenters. The Kier molecular flexibility index (Phi) is 7.37. The molecule has 1 aromatic carbocycles. The molecule has 7 nitrogen and oxygen atoms in total. The van der Waals surface area contributed by atoms with Gasteiger partial charge in [0.05, 0.1) is 6.61 Å². The van der Waals surface area contributed by atoms with Gasteiger partial charge in [0.1, 0.15) is 11.4 Å². The van der Waals surface area contributed by atoms with E-state index in [0.717, 1.165) is 6.42 Å². The van der Waals surface area contributed by atoms with Gasteiger partial charge < -0.3 is 19.2 Å². The van der Waals surface area contributed by atoms with Crippen molar-refractivity contribution in [1.29, 1.82) is 0 Å². The van der Waals surface area contributed by atoms with E-state index in [1.807, 2.05) is 19.1 Å². The molecule has 0 aliphatic carbocycles. The molecule has 1 aromatic heterocycles. The Hall–Kier alpha value is -3.09. The molecule has 0 amide bonds. The highest BCUT2D eigenvalue weighted by atomic mass is 16.6. The van der Waals surface area contributed by atoms with Crippen molar-refractivity contribution in [3.63, 3.8) is 0 Å². The fourth-order valence-corrected chi connectivity index (χ4v) is 2.80. The number of aromatic nitrogens is 1. The predicted molar refractivity (Wildman–Crippen MR) is 103 cm³/mol. The Morgan fingerprint density at radius 3 is 2.25 bits per heavy atom. The quantitative estimate of drug-likeness (QED) is 0.525. The molecule has 2 aromatic rings. The van der Waals surface area contributed by atoms with Gasteiger partial charge in [0, 0.05) is 11.3 Å². The molecule has 1 heterocycles. The first kappa shape index (κ1) is 21.2. The molecule has 0 radical (unpaired) electrons. The Labute approximate surface area is 164 Å². The first-order valence-electron chi connectivity index (χ1n) is 9.14. The van der Waals surface area contributed by atoms with Gasteiger partial charge in [-0.1, -0.05) is 19.1 Å². The summed E-state index contributed by atoms with van der Waals surface area (Å²) in [7, 11) is 0. The van der Waals surface area contributed by atoms with E-state index in [-0.39, 0.29) is 18.9 Å². The molecule has 0 aliphatic rings. The Morgan fingerprint density at radius 1 is 0.964 bits per heavy atom. The van der Waals surface area contributed by atoms with Crippen LogP contribution in [0.1, 0.15) is 51.5 Å². The number of ether oxygens (including phenoxy) is 3. The third kappa shape index (κ3) is 5.22. The number of carbonyl (C=O) groups excluding carboxylic acids is 3. The summed E-state index contributed by atoms with van der Waals surface area (Å²) in [5.41, 5.74) is 2.72. The number of esters is 2. The summed E-state index contributed by atoms with van der Waals surface area (Å²) in [6.07, 6.45) is 0.917. The normalized spacial score (nSPS) is 10.4. The molecule has 1 N–H and O–H groups in total. The maximum atomic E-state index is 12.4. The van der Waals surface area contributed by atoms with Gasteiger partial charge in [-0.25, -0.2) is 9.59 Å². The lowest BCUT2D eigenvalue weighted by Gasteiger charge is -2.08. The second-order valence-electron chi connectivity index (χ2n) is 6.22.